The van der Waals surface area contributed by atoms with E-state index in [2.05, 4.69) is 24.1 Å². The van der Waals surface area contributed by atoms with E-state index in [0.29, 0.717) is 17.7 Å². The van der Waals surface area contributed by atoms with Gasteiger partial charge in [-0.1, -0.05) is 26.0 Å². The van der Waals surface area contributed by atoms with Gasteiger partial charge in [-0.15, -0.1) is 0 Å². The molecule has 0 aliphatic heterocycles. The van der Waals surface area contributed by atoms with Crippen molar-refractivity contribution in [2.24, 2.45) is 0 Å². The third kappa shape index (κ3) is 7.04. The Balaban J connectivity index is 2.43. The molecule has 0 unspecified atom stereocenters. The molecule has 0 aliphatic rings. The predicted molar refractivity (Wildman–Crippen MR) is 89.7 cm³/mol. The molecule has 1 amide bonds. The number of nitrogens with one attached hydrogen (secondary N) is 1. The van der Waals surface area contributed by atoms with Crippen LogP contribution >= 0.6 is 0 Å². The normalized spacial score (nSPS) is 11.6. The molecule has 0 heterocycles. The zero-order chi connectivity index (χ0) is 16.6. The van der Waals surface area contributed by atoms with Gasteiger partial charge in [0, 0.05) is 18.4 Å². The molecule has 0 saturated heterocycles. The molecule has 0 saturated carbocycles. The average molecular weight is 326 g/mol. The fraction of sp³-hybridized carbons (Fsp3) is 0.562. The predicted octanol–water partition coefficient (Wildman–Crippen LogP) is 1.69. The molecule has 1 aromatic rings. The first kappa shape index (κ1) is 18.6. The zero-order valence-electron chi connectivity index (χ0n) is 13.6. The Kier molecular flexibility index (Phi) is 7.55. The van der Waals surface area contributed by atoms with Crippen molar-refractivity contribution >= 4 is 15.7 Å². The Morgan fingerprint density at radius 1 is 1.14 bits per heavy atom. The monoisotopic (exact) mass is 326 g/mol. The van der Waals surface area contributed by atoms with Crippen LogP contribution in [0.1, 0.15) is 36.2 Å². The van der Waals surface area contributed by atoms with Gasteiger partial charge in [0.25, 0.3) is 5.91 Å². The molecule has 1 N–H and O–H groups in total. The van der Waals surface area contributed by atoms with Crippen molar-refractivity contribution in [3.05, 3.63) is 35.4 Å². The van der Waals surface area contributed by atoms with E-state index in [4.69, 9.17) is 0 Å². The molecule has 0 atom stereocenters. The van der Waals surface area contributed by atoms with Gasteiger partial charge >= 0.3 is 0 Å². The minimum atomic E-state index is -3.05. The Morgan fingerprint density at radius 3 is 2.23 bits per heavy atom. The SMILES string of the molecule is CCN(CC)CCCNC(=O)c1ccc(CS(C)(=O)=O)cc1. The van der Waals surface area contributed by atoms with Gasteiger partial charge in [-0.3, -0.25) is 4.79 Å². The fourth-order valence-electron chi connectivity index (χ4n) is 2.20. The van der Waals surface area contributed by atoms with E-state index >= 15 is 0 Å². The summed E-state index contributed by atoms with van der Waals surface area (Å²) in [5, 5.41) is 2.89. The third-order valence-electron chi connectivity index (χ3n) is 3.48. The molecule has 124 valence electrons. The highest BCUT2D eigenvalue weighted by atomic mass is 32.2. The second-order valence-corrected chi connectivity index (χ2v) is 7.54. The highest BCUT2D eigenvalue weighted by Crippen LogP contribution is 2.08. The molecule has 0 aromatic heterocycles. The minimum absolute atomic E-state index is 0.00122. The maximum atomic E-state index is 12.0. The summed E-state index contributed by atoms with van der Waals surface area (Å²) in [7, 11) is -3.05. The molecular weight excluding hydrogens is 300 g/mol. The second-order valence-electron chi connectivity index (χ2n) is 5.40. The average Bonchev–Trinajstić information content (AvgIpc) is 2.46. The van der Waals surface area contributed by atoms with Crippen molar-refractivity contribution in [2.75, 3.05) is 32.4 Å². The molecule has 1 aromatic carbocycles. The van der Waals surface area contributed by atoms with Gasteiger partial charge in [0.2, 0.25) is 0 Å². The van der Waals surface area contributed by atoms with Crippen LogP contribution in [0.2, 0.25) is 0 Å². The molecular formula is C16H26N2O3S. The number of sulfone groups is 1. The van der Waals surface area contributed by atoms with Crippen molar-refractivity contribution in [3.63, 3.8) is 0 Å². The van der Waals surface area contributed by atoms with Crippen molar-refractivity contribution in [1.29, 1.82) is 0 Å². The highest BCUT2D eigenvalue weighted by molar-refractivity contribution is 7.89. The van der Waals surface area contributed by atoms with Crippen LogP contribution in [-0.2, 0) is 15.6 Å². The number of benzene rings is 1. The van der Waals surface area contributed by atoms with E-state index in [0.717, 1.165) is 26.1 Å². The van der Waals surface area contributed by atoms with Gasteiger partial charge in [0.1, 0.15) is 0 Å². The van der Waals surface area contributed by atoms with Gasteiger partial charge in [0.05, 0.1) is 5.75 Å². The number of carbonyl (C=O) groups is 1. The second kappa shape index (κ2) is 8.90. The quantitative estimate of drug-likeness (QED) is 0.701. The van der Waals surface area contributed by atoms with E-state index in [1.807, 2.05) is 0 Å². The first-order valence-corrected chi connectivity index (χ1v) is 9.69. The number of carbonyl (C=O) groups excluding carboxylic acids is 1. The maximum absolute atomic E-state index is 12.0. The summed E-state index contributed by atoms with van der Waals surface area (Å²) in [6.45, 7) is 7.90. The van der Waals surface area contributed by atoms with Crippen LogP contribution in [0.25, 0.3) is 0 Å². The van der Waals surface area contributed by atoms with Gasteiger partial charge in [-0.2, -0.15) is 0 Å². The molecule has 0 bridgehead atoms. The van der Waals surface area contributed by atoms with Crippen LogP contribution in [0.15, 0.2) is 24.3 Å². The van der Waals surface area contributed by atoms with E-state index < -0.39 is 9.84 Å². The fourth-order valence-corrected chi connectivity index (χ4v) is 3.00. The Hall–Kier alpha value is -1.40. The van der Waals surface area contributed by atoms with Crippen LogP contribution in [0.4, 0.5) is 0 Å². The van der Waals surface area contributed by atoms with Gasteiger partial charge in [-0.25, -0.2) is 8.42 Å². The number of nitrogens with zero attached hydrogens (tertiary/aromatic N) is 1. The first-order valence-electron chi connectivity index (χ1n) is 7.63. The number of rotatable bonds is 9. The minimum Gasteiger partial charge on any atom is -0.352 e. The molecule has 0 aliphatic carbocycles. The Bertz CT molecular complexity index is 564. The van der Waals surface area contributed by atoms with Crippen molar-refractivity contribution in [1.82, 2.24) is 10.2 Å². The third-order valence-corrected chi connectivity index (χ3v) is 4.33. The number of amides is 1. The summed E-state index contributed by atoms with van der Waals surface area (Å²) in [6.07, 6.45) is 2.11. The topological polar surface area (TPSA) is 66.5 Å². The Labute approximate surface area is 133 Å². The number of hydrogen-bond donors (Lipinski definition) is 1. The molecule has 22 heavy (non-hydrogen) atoms. The van der Waals surface area contributed by atoms with Gasteiger partial charge < -0.3 is 10.2 Å². The molecule has 5 nitrogen and oxygen atoms in total. The van der Waals surface area contributed by atoms with Crippen LogP contribution in [-0.4, -0.2) is 51.7 Å². The first-order chi connectivity index (χ1) is 10.4. The summed E-state index contributed by atoms with van der Waals surface area (Å²) in [4.78, 5) is 14.3. The van der Waals surface area contributed by atoms with Crippen molar-refractivity contribution in [3.8, 4) is 0 Å². The molecule has 1 rings (SSSR count). The zero-order valence-corrected chi connectivity index (χ0v) is 14.4. The highest BCUT2D eigenvalue weighted by Gasteiger charge is 2.08. The van der Waals surface area contributed by atoms with Crippen LogP contribution in [0, 0.1) is 0 Å². The van der Waals surface area contributed by atoms with Crippen molar-refractivity contribution < 1.29 is 13.2 Å². The summed E-state index contributed by atoms with van der Waals surface area (Å²) in [6, 6.07) is 6.71. The lowest BCUT2D eigenvalue weighted by molar-refractivity contribution is 0.0952. The molecule has 0 radical (unpaired) electrons. The van der Waals surface area contributed by atoms with Crippen LogP contribution < -0.4 is 5.32 Å². The molecule has 6 heteroatoms. The van der Waals surface area contributed by atoms with Crippen LogP contribution in [0.5, 0.6) is 0 Å². The standard InChI is InChI=1S/C16H26N2O3S/c1-4-18(5-2)12-6-11-17-16(19)15-9-7-14(8-10-15)13-22(3,20)21/h7-10H,4-6,11-13H2,1-3H3,(H,17,19). The summed E-state index contributed by atoms with van der Waals surface area (Å²) < 4.78 is 22.4. The van der Waals surface area contributed by atoms with Crippen molar-refractivity contribution in [2.45, 2.75) is 26.0 Å². The van der Waals surface area contributed by atoms with Gasteiger partial charge in [0.15, 0.2) is 9.84 Å². The van der Waals surface area contributed by atoms with Gasteiger partial charge in [-0.05, 0) is 43.8 Å². The van der Waals surface area contributed by atoms with E-state index in [1.54, 1.807) is 24.3 Å². The Morgan fingerprint density at radius 2 is 1.73 bits per heavy atom. The lowest BCUT2D eigenvalue weighted by atomic mass is 10.1. The summed E-state index contributed by atoms with van der Waals surface area (Å²) in [5.74, 6) is -0.121. The van der Waals surface area contributed by atoms with Crippen LogP contribution in [0.3, 0.4) is 0 Å². The summed E-state index contributed by atoms with van der Waals surface area (Å²) >= 11 is 0. The lowest BCUT2D eigenvalue weighted by Gasteiger charge is -2.17. The smallest absolute Gasteiger partial charge is 0.251 e. The summed E-state index contributed by atoms with van der Waals surface area (Å²) in [5.41, 5.74) is 1.25. The lowest BCUT2D eigenvalue weighted by Crippen LogP contribution is -2.29. The van der Waals surface area contributed by atoms with E-state index in [1.165, 1.54) is 6.26 Å². The number of hydrogen-bond acceptors (Lipinski definition) is 4. The maximum Gasteiger partial charge on any atom is 0.251 e. The molecule has 0 fully saturated rings. The van der Waals surface area contributed by atoms with E-state index in [-0.39, 0.29) is 11.7 Å². The largest absolute Gasteiger partial charge is 0.352 e. The van der Waals surface area contributed by atoms with E-state index in [9.17, 15) is 13.2 Å². The molecule has 0 spiro atoms.